The Balaban J connectivity index is 2.13. The summed E-state index contributed by atoms with van der Waals surface area (Å²) in [6.45, 7) is 9.56. The molecular formula is C25H33NO6. The van der Waals surface area contributed by atoms with Crippen LogP contribution in [-0.4, -0.2) is 42.2 Å². The van der Waals surface area contributed by atoms with Crippen LogP contribution in [0.15, 0.2) is 30.5 Å². The van der Waals surface area contributed by atoms with Crippen molar-refractivity contribution in [3.05, 3.63) is 47.3 Å². The average Bonchev–Trinajstić information content (AvgIpc) is 2.76. The van der Waals surface area contributed by atoms with Gasteiger partial charge >= 0.3 is 5.97 Å². The van der Waals surface area contributed by atoms with Crippen molar-refractivity contribution in [2.24, 2.45) is 11.8 Å². The number of ketones is 1. The van der Waals surface area contributed by atoms with E-state index in [0.717, 1.165) is 16.9 Å². The van der Waals surface area contributed by atoms with Crippen molar-refractivity contribution in [2.75, 3.05) is 14.2 Å². The molecule has 174 valence electrons. The number of nitrogens with zero attached hydrogens (tertiary/aromatic N) is 1. The van der Waals surface area contributed by atoms with E-state index in [4.69, 9.17) is 14.2 Å². The quantitative estimate of drug-likeness (QED) is 0.420. The van der Waals surface area contributed by atoms with Gasteiger partial charge in [-0.05, 0) is 43.0 Å². The Kier molecular flexibility index (Phi) is 8.63. The maximum atomic E-state index is 13.0. The summed E-state index contributed by atoms with van der Waals surface area (Å²) in [6.07, 6.45) is 0.872. The molecule has 1 N–H and O–H groups in total. The molecule has 0 aliphatic carbocycles. The van der Waals surface area contributed by atoms with Gasteiger partial charge in [0.15, 0.2) is 23.0 Å². The molecular weight excluding hydrogens is 410 g/mol. The SMILES string of the molecule is COc1ccc([C@H](C)[C@H](C)OC(=O)[C@@H](CC(=O)c2nccc(OC)c2O)C(C)C)c(C)c1. The van der Waals surface area contributed by atoms with Crippen LogP contribution >= 0.6 is 0 Å². The van der Waals surface area contributed by atoms with Crippen LogP contribution in [0.5, 0.6) is 17.2 Å². The fourth-order valence-electron chi connectivity index (χ4n) is 3.60. The fraction of sp³-hybridized carbons (Fsp3) is 0.480. The molecule has 0 fully saturated rings. The lowest BCUT2D eigenvalue weighted by Gasteiger charge is -2.26. The van der Waals surface area contributed by atoms with Crippen LogP contribution in [0.4, 0.5) is 0 Å². The molecule has 0 amide bonds. The first-order valence-electron chi connectivity index (χ1n) is 10.7. The molecule has 32 heavy (non-hydrogen) atoms. The van der Waals surface area contributed by atoms with Gasteiger partial charge in [-0.2, -0.15) is 0 Å². The lowest BCUT2D eigenvalue weighted by atomic mass is 9.89. The van der Waals surface area contributed by atoms with E-state index < -0.39 is 23.8 Å². The number of Topliss-reactive ketones (excluding diaryl/α,β-unsaturated/α-hetero) is 1. The van der Waals surface area contributed by atoms with E-state index in [1.54, 1.807) is 7.11 Å². The highest BCUT2D eigenvalue weighted by molar-refractivity contribution is 5.99. The van der Waals surface area contributed by atoms with E-state index in [2.05, 4.69) is 4.98 Å². The number of aryl methyl sites for hydroxylation is 1. The smallest absolute Gasteiger partial charge is 0.309 e. The van der Waals surface area contributed by atoms with E-state index in [0.29, 0.717) is 0 Å². The number of carbonyl (C=O) groups is 2. The molecule has 0 radical (unpaired) electrons. The molecule has 2 aromatic rings. The zero-order valence-corrected chi connectivity index (χ0v) is 19.8. The van der Waals surface area contributed by atoms with Crippen molar-refractivity contribution in [3.8, 4) is 17.2 Å². The normalized spacial score (nSPS) is 13.9. The molecule has 7 heteroatoms. The van der Waals surface area contributed by atoms with Gasteiger partial charge in [-0.15, -0.1) is 0 Å². The Morgan fingerprint density at radius 1 is 1.06 bits per heavy atom. The molecule has 3 atom stereocenters. The Labute approximate surface area is 189 Å². The summed E-state index contributed by atoms with van der Waals surface area (Å²) in [6, 6.07) is 7.27. The van der Waals surface area contributed by atoms with Crippen molar-refractivity contribution in [1.29, 1.82) is 0 Å². The van der Waals surface area contributed by atoms with Gasteiger partial charge in [-0.3, -0.25) is 9.59 Å². The second-order valence-electron chi connectivity index (χ2n) is 8.34. The van der Waals surface area contributed by atoms with Crippen LogP contribution in [0.25, 0.3) is 0 Å². The largest absolute Gasteiger partial charge is 0.503 e. The molecule has 1 aromatic carbocycles. The van der Waals surface area contributed by atoms with E-state index in [1.807, 2.05) is 52.8 Å². The number of hydrogen-bond donors (Lipinski definition) is 1. The van der Waals surface area contributed by atoms with Crippen molar-refractivity contribution in [3.63, 3.8) is 0 Å². The van der Waals surface area contributed by atoms with Gasteiger partial charge in [0.05, 0.1) is 20.1 Å². The molecule has 0 unspecified atom stereocenters. The number of benzene rings is 1. The van der Waals surface area contributed by atoms with Crippen molar-refractivity contribution < 1.29 is 28.9 Å². The topological polar surface area (TPSA) is 95.0 Å². The molecule has 0 spiro atoms. The van der Waals surface area contributed by atoms with E-state index in [-0.39, 0.29) is 35.4 Å². The first-order chi connectivity index (χ1) is 15.1. The molecule has 2 rings (SSSR count). The summed E-state index contributed by atoms with van der Waals surface area (Å²) in [5.74, 6) is -1.12. The average molecular weight is 444 g/mol. The van der Waals surface area contributed by atoms with Gasteiger partial charge < -0.3 is 19.3 Å². The fourth-order valence-corrected chi connectivity index (χ4v) is 3.60. The van der Waals surface area contributed by atoms with Gasteiger partial charge in [-0.1, -0.05) is 26.8 Å². The van der Waals surface area contributed by atoms with Crippen LogP contribution in [0.1, 0.15) is 61.6 Å². The van der Waals surface area contributed by atoms with Crippen molar-refractivity contribution in [2.45, 2.75) is 53.1 Å². The maximum absolute atomic E-state index is 13.0. The molecule has 1 aromatic heterocycles. The van der Waals surface area contributed by atoms with Gasteiger partial charge in [0.25, 0.3) is 0 Å². The lowest BCUT2D eigenvalue weighted by Crippen LogP contribution is -2.30. The number of aromatic hydroxyl groups is 1. The van der Waals surface area contributed by atoms with E-state index in [9.17, 15) is 14.7 Å². The second-order valence-corrected chi connectivity index (χ2v) is 8.34. The first-order valence-corrected chi connectivity index (χ1v) is 10.7. The molecule has 0 aliphatic rings. The predicted molar refractivity (Wildman–Crippen MR) is 121 cm³/mol. The Hall–Kier alpha value is -3.09. The monoisotopic (exact) mass is 443 g/mol. The minimum atomic E-state index is -0.665. The first kappa shape index (κ1) is 25.2. The number of methoxy groups -OCH3 is 2. The molecule has 7 nitrogen and oxygen atoms in total. The number of ether oxygens (including phenoxy) is 3. The summed E-state index contributed by atoms with van der Waals surface area (Å²) in [5, 5.41) is 10.2. The van der Waals surface area contributed by atoms with Gasteiger partial charge in [0, 0.05) is 24.6 Å². The Morgan fingerprint density at radius 2 is 1.75 bits per heavy atom. The summed E-state index contributed by atoms with van der Waals surface area (Å²) >= 11 is 0. The minimum absolute atomic E-state index is 0.0440. The zero-order chi connectivity index (χ0) is 24.0. The van der Waals surface area contributed by atoms with Crippen LogP contribution in [0, 0.1) is 18.8 Å². The van der Waals surface area contributed by atoms with Gasteiger partial charge in [0.2, 0.25) is 0 Å². The summed E-state index contributed by atoms with van der Waals surface area (Å²) in [5.41, 5.74) is 2.00. The van der Waals surface area contributed by atoms with Crippen LogP contribution in [0.3, 0.4) is 0 Å². The molecule has 0 saturated heterocycles. The van der Waals surface area contributed by atoms with Crippen molar-refractivity contribution >= 4 is 11.8 Å². The van der Waals surface area contributed by atoms with Crippen LogP contribution in [0.2, 0.25) is 0 Å². The predicted octanol–water partition coefficient (Wildman–Crippen LogP) is 4.69. The molecule has 1 heterocycles. The second kappa shape index (κ2) is 11.0. The number of rotatable bonds is 10. The highest BCUT2D eigenvalue weighted by Gasteiger charge is 2.31. The maximum Gasteiger partial charge on any atom is 0.309 e. The van der Waals surface area contributed by atoms with Crippen LogP contribution in [-0.2, 0) is 9.53 Å². The molecule has 0 aliphatic heterocycles. The lowest BCUT2D eigenvalue weighted by molar-refractivity contribution is -0.155. The standard InChI is InChI=1S/C25H33NO6/c1-14(2)20(13-21(27)23-24(28)22(31-7)10-11-26-23)25(29)32-17(5)16(4)19-9-8-18(30-6)12-15(19)3/h8-12,14,16-17,20,28H,13H2,1-7H3/t16-,17+,20+/m1/s1. The highest BCUT2D eigenvalue weighted by atomic mass is 16.5. The third-order valence-electron chi connectivity index (χ3n) is 5.86. The van der Waals surface area contributed by atoms with Gasteiger partial charge in [-0.25, -0.2) is 4.98 Å². The van der Waals surface area contributed by atoms with E-state index >= 15 is 0 Å². The zero-order valence-electron chi connectivity index (χ0n) is 19.8. The minimum Gasteiger partial charge on any atom is -0.503 e. The Bertz CT molecular complexity index is 955. The van der Waals surface area contributed by atoms with Gasteiger partial charge in [0.1, 0.15) is 11.9 Å². The third-order valence-corrected chi connectivity index (χ3v) is 5.86. The number of aromatic nitrogens is 1. The molecule has 0 saturated carbocycles. The number of pyridine rings is 1. The third kappa shape index (κ3) is 5.78. The summed E-state index contributed by atoms with van der Waals surface area (Å²) in [4.78, 5) is 29.8. The summed E-state index contributed by atoms with van der Waals surface area (Å²) in [7, 11) is 3.01. The highest BCUT2D eigenvalue weighted by Crippen LogP contribution is 2.31. The van der Waals surface area contributed by atoms with Crippen LogP contribution < -0.4 is 9.47 Å². The number of hydrogen-bond acceptors (Lipinski definition) is 7. The van der Waals surface area contributed by atoms with Crippen molar-refractivity contribution in [1.82, 2.24) is 4.98 Å². The number of esters is 1. The Morgan fingerprint density at radius 3 is 2.31 bits per heavy atom. The number of carbonyl (C=O) groups excluding carboxylic acids is 2. The van der Waals surface area contributed by atoms with E-state index in [1.165, 1.54) is 19.4 Å². The summed E-state index contributed by atoms with van der Waals surface area (Å²) < 4.78 is 16.1. The molecule has 0 bridgehead atoms.